The van der Waals surface area contributed by atoms with Gasteiger partial charge >= 0.3 is 0 Å². The van der Waals surface area contributed by atoms with Gasteiger partial charge < -0.3 is 0 Å². The van der Waals surface area contributed by atoms with Crippen LogP contribution in [0.2, 0.25) is 0 Å². The molecule has 0 saturated carbocycles. The SMILES string of the molecule is Cc1cc(C)cc(C(C2=CC=CC2)(c2cc(C)cc(C)c2)c2cc(C)cc(C)c2)c1. The average Bonchev–Trinajstić information content (AvgIpc) is 3.15. The summed E-state index contributed by atoms with van der Waals surface area (Å²) < 4.78 is 0. The third-order valence-corrected chi connectivity index (χ3v) is 6.22. The smallest absolute Gasteiger partial charge is 0.0668 e. The number of rotatable bonds is 4. The standard InChI is InChI=1S/C30H32/c1-20-11-21(2)15-27(14-20)30(26-9-7-8-10-26,28-16-22(3)12-23(4)17-28)29-18-24(5)13-25(6)19-29/h7-9,11-19H,10H2,1-6H3. The Bertz CT molecular complexity index is 985. The van der Waals surface area contributed by atoms with Crippen LogP contribution in [0.15, 0.2) is 78.4 Å². The van der Waals surface area contributed by atoms with E-state index in [1.54, 1.807) is 0 Å². The van der Waals surface area contributed by atoms with Gasteiger partial charge in [0.15, 0.2) is 0 Å². The van der Waals surface area contributed by atoms with E-state index in [0.29, 0.717) is 0 Å². The number of hydrogen-bond acceptors (Lipinski definition) is 0. The van der Waals surface area contributed by atoms with E-state index in [1.807, 2.05) is 0 Å². The molecule has 30 heavy (non-hydrogen) atoms. The van der Waals surface area contributed by atoms with E-state index >= 15 is 0 Å². The molecule has 0 fully saturated rings. The molecule has 0 aliphatic heterocycles. The zero-order valence-corrected chi connectivity index (χ0v) is 19.1. The molecule has 3 aromatic rings. The first-order chi connectivity index (χ1) is 14.3. The molecule has 0 heterocycles. The molecule has 0 radical (unpaired) electrons. The first kappa shape index (κ1) is 20.4. The Morgan fingerprint density at radius 2 is 0.833 bits per heavy atom. The van der Waals surface area contributed by atoms with Gasteiger partial charge in [-0.1, -0.05) is 106 Å². The molecule has 0 saturated heterocycles. The fourth-order valence-electron chi connectivity index (χ4n) is 5.36. The fraction of sp³-hybridized carbons (Fsp3) is 0.267. The lowest BCUT2D eigenvalue weighted by Crippen LogP contribution is -2.32. The molecule has 1 aliphatic carbocycles. The maximum Gasteiger partial charge on any atom is 0.0668 e. The summed E-state index contributed by atoms with van der Waals surface area (Å²) >= 11 is 0. The molecule has 0 heteroatoms. The van der Waals surface area contributed by atoms with Crippen LogP contribution in [0, 0.1) is 41.5 Å². The van der Waals surface area contributed by atoms with Crippen molar-refractivity contribution in [1.29, 1.82) is 0 Å². The second-order valence-corrected chi connectivity index (χ2v) is 9.20. The number of benzene rings is 3. The topological polar surface area (TPSA) is 0 Å². The second kappa shape index (κ2) is 7.76. The number of aryl methyl sites for hydroxylation is 6. The van der Waals surface area contributed by atoms with Crippen LogP contribution in [0.3, 0.4) is 0 Å². The van der Waals surface area contributed by atoms with E-state index in [1.165, 1.54) is 55.6 Å². The van der Waals surface area contributed by atoms with Crippen LogP contribution < -0.4 is 0 Å². The quantitative estimate of drug-likeness (QED) is 0.398. The Morgan fingerprint density at radius 1 is 0.500 bits per heavy atom. The molecular formula is C30H32. The van der Waals surface area contributed by atoms with Gasteiger partial charge in [-0.25, -0.2) is 0 Å². The van der Waals surface area contributed by atoms with Gasteiger partial charge in [0, 0.05) is 0 Å². The van der Waals surface area contributed by atoms with Gasteiger partial charge in [0.25, 0.3) is 0 Å². The molecule has 0 aromatic heterocycles. The van der Waals surface area contributed by atoms with Crippen LogP contribution in [0.25, 0.3) is 0 Å². The van der Waals surface area contributed by atoms with Gasteiger partial charge in [-0.05, 0) is 70.2 Å². The summed E-state index contributed by atoms with van der Waals surface area (Å²) in [5.74, 6) is 0. The van der Waals surface area contributed by atoms with Gasteiger partial charge in [-0.3, -0.25) is 0 Å². The van der Waals surface area contributed by atoms with Crippen molar-refractivity contribution in [2.75, 3.05) is 0 Å². The normalized spacial score (nSPS) is 13.6. The summed E-state index contributed by atoms with van der Waals surface area (Å²) in [5, 5.41) is 0. The summed E-state index contributed by atoms with van der Waals surface area (Å²) in [5.41, 5.74) is 13.1. The predicted molar refractivity (Wildman–Crippen MR) is 129 cm³/mol. The molecule has 152 valence electrons. The maximum absolute atomic E-state index is 2.39. The molecule has 0 nitrogen and oxygen atoms in total. The summed E-state index contributed by atoms with van der Waals surface area (Å²) in [7, 11) is 0. The van der Waals surface area contributed by atoms with Gasteiger partial charge in [0.05, 0.1) is 5.41 Å². The van der Waals surface area contributed by atoms with Crippen molar-refractivity contribution in [3.63, 3.8) is 0 Å². The molecule has 0 unspecified atom stereocenters. The zero-order chi connectivity index (χ0) is 21.5. The lowest BCUT2D eigenvalue weighted by molar-refractivity contribution is 0.706. The van der Waals surface area contributed by atoms with E-state index in [9.17, 15) is 0 Å². The minimum absolute atomic E-state index is 0.298. The molecular weight excluding hydrogens is 360 g/mol. The second-order valence-electron chi connectivity index (χ2n) is 9.20. The van der Waals surface area contributed by atoms with Crippen LogP contribution in [-0.4, -0.2) is 0 Å². The lowest BCUT2D eigenvalue weighted by Gasteiger charge is -2.39. The average molecular weight is 393 g/mol. The third kappa shape index (κ3) is 3.56. The highest BCUT2D eigenvalue weighted by Crippen LogP contribution is 2.49. The van der Waals surface area contributed by atoms with Gasteiger partial charge in [-0.15, -0.1) is 0 Å². The number of allylic oxidation sites excluding steroid dienone is 4. The van der Waals surface area contributed by atoms with Crippen LogP contribution in [-0.2, 0) is 5.41 Å². The van der Waals surface area contributed by atoms with Crippen molar-refractivity contribution in [1.82, 2.24) is 0 Å². The first-order valence-electron chi connectivity index (χ1n) is 10.9. The fourth-order valence-corrected chi connectivity index (χ4v) is 5.36. The molecule has 0 atom stereocenters. The number of hydrogen-bond donors (Lipinski definition) is 0. The third-order valence-electron chi connectivity index (χ3n) is 6.22. The largest absolute Gasteiger partial charge is 0.0804 e. The molecule has 4 rings (SSSR count). The van der Waals surface area contributed by atoms with Crippen LogP contribution >= 0.6 is 0 Å². The van der Waals surface area contributed by atoms with Crippen molar-refractivity contribution < 1.29 is 0 Å². The highest BCUT2D eigenvalue weighted by atomic mass is 14.4. The molecule has 0 amide bonds. The molecule has 0 N–H and O–H groups in total. The van der Waals surface area contributed by atoms with Gasteiger partial charge in [0.1, 0.15) is 0 Å². The Hall–Kier alpha value is -2.86. The Labute approximate surface area is 182 Å². The van der Waals surface area contributed by atoms with Crippen molar-refractivity contribution in [3.8, 4) is 0 Å². The lowest BCUT2D eigenvalue weighted by atomic mass is 9.63. The summed E-state index contributed by atoms with van der Waals surface area (Å²) in [4.78, 5) is 0. The molecule has 1 aliphatic rings. The van der Waals surface area contributed by atoms with Crippen molar-refractivity contribution >= 4 is 0 Å². The summed E-state index contributed by atoms with van der Waals surface area (Å²) in [6.07, 6.45) is 7.83. The highest BCUT2D eigenvalue weighted by Gasteiger charge is 2.40. The summed E-state index contributed by atoms with van der Waals surface area (Å²) in [6.45, 7) is 13.3. The monoisotopic (exact) mass is 392 g/mol. The van der Waals surface area contributed by atoms with E-state index < -0.39 is 0 Å². The molecule has 0 spiro atoms. The van der Waals surface area contributed by atoms with Gasteiger partial charge in [-0.2, -0.15) is 0 Å². The van der Waals surface area contributed by atoms with Gasteiger partial charge in [0.2, 0.25) is 0 Å². The zero-order valence-electron chi connectivity index (χ0n) is 19.1. The van der Waals surface area contributed by atoms with E-state index in [-0.39, 0.29) is 5.41 Å². The van der Waals surface area contributed by atoms with Crippen LogP contribution in [0.1, 0.15) is 56.5 Å². The molecule has 0 bridgehead atoms. The van der Waals surface area contributed by atoms with Crippen molar-refractivity contribution in [2.45, 2.75) is 53.4 Å². The van der Waals surface area contributed by atoms with Crippen LogP contribution in [0.4, 0.5) is 0 Å². The van der Waals surface area contributed by atoms with E-state index in [0.717, 1.165) is 6.42 Å². The Kier molecular flexibility index (Phi) is 5.28. The van der Waals surface area contributed by atoms with Crippen molar-refractivity contribution in [2.24, 2.45) is 0 Å². The minimum atomic E-state index is -0.298. The highest BCUT2D eigenvalue weighted by molar-refractivity contribution is 5.63. The predicted octanol–water partition coefficient (Wildman–Crippen LogP) is 7.76. The van der Waals surface area contributed by atoms with E-state index in [4.69, 9.17) is 0 Å². The maximum atomic E-state index is 2.39. The minimum Gasteiger partial charge on any atom is -0.0804 e. The van der Waals surface area contributed by atoms with Crippen LogP contribution in [0.5, 0.6) is 0 Å². The molecule has 3 aromatic carbocycles. The van der Waals surface area contributed by atoms with Crippen molar-refractivity contribution in [3.05, 3.63) is 128 Å². The first-order valence-corrected chi connectivity index (χ1v) is 10.9. The Morgan fingerprint density at radius 3 is 1.10 bits per heavy atom. The van der Waals surface area contributed by atoms with E-state index in [2.05, 4.69) is 114 Å². The summed E-state index contributed by atoms with van der Waals surface area (Å²) in [6, 6.07) is 21.2. The Balaban J connectivity index is 2.18.